The molecule has 0 fully saturated rings. The Morgan fingerprint density at radius 2 is 1.45 bits per heavy atom. The SMILES string of the molecule is CC(C)Cc1cc(C(Cc2ccccc2)(NC(=O)c2ccc(F)c(C(F)(F)F)c2)c2cc(F)cc(OC(F)(F)C(F)F)c2)ccc1F. The Labute approximate surface area is 263 Å². The first-order valence-electron chi connectivity index (χ1n) is 14.1. The Morgan fingerprint density at radius 3 is 2.06 bits per heavy atom. The minimum atomic E-state index is -5.19. The number of benzene rings is 4. The topological polar surface area (TPSA) is 38.3 Å². The summed E-state index contributed by atoms with van der Waals surface area (Å²) in [5, 5.41) is 2.56. The third-order valence-electron chi connectivity index (χ3n) is 7.21. The van der Waals surface area contributed by atoms with Crippen LogP contribution >= 0.6 is 0 Å². The van der Waals surface area contributed by atoms with Gasteiger partial charge in [-0.2, -0.15) is 30.7 Å². The first kappa shape index (κ1) is 35.3. The van der Waals surface area contributed by atoms with Gasteiger partial charge in [-0.1, -0.05) is 56.3 Å². The van der Waals surface area contributed by atoms with Gasteiger partial charge in [-0.15, -0.1) is 0 Å². The van der Waals surface area contributed by atoms with Gasteiger partial charge in [0.05, 0.1) is 11.1 Å². The van der Waals surface area contributed by atoms with Crippen molar-refractivity contribution in [2.75, 3.05) is 0 Å². The van der Waals surface area contributed by atoms with Crippen molar-refractivity contribution < 1.29 is 53.4 Å². The van der Waals surface area contributed by atoms with Gasteiger partial charge in [0.25, 0.3) is 5.91 Å². The largest absolute Gasteiger partial charge is 0.461 e. The van der Waals surface area contributed by atoms with Crippen molar-refractivity contribution in [1.82, 2.24) is 5.32 Å². The number of hydrogen-bond donors (Lipinski definition) is 1. The maximum atomic E-state index is 15.1. The zero-order chi connectivity index (χ0) is 34.7. The van der Waals surface area contributed by atoms with Crippen molar-refractivity contribution >= 4 is 5.91 Å². The maximum Gasteiger partial charge on any atom is 0.461 e. The number of ether oxygens (including phenoxy) is 1. The van der Waals surface area contributed by atoms with E-state index >= 15 is 4.39 Å². The van der Waals surface area contributed by atoms with Crippen LogP contribution < -0.4 is 10.1 Å². The van der Waals surface area contributed by atoms with Crippen molar-refractivity contribution in [1.29, 1.82) is 0 Å². The van der Waals surface area contributed by atoms with Crippen LogP contribution in [-0.4, -0.2) is 18.4 Å². The molecule has 1 amide bonds. The van der Waals surface area contributed by atoms with Gasteiger partial charge >= 0.3 is 18.7 Å². The van der Waals surface area contributed by atoms with Gasteiger partial charge in [0.15, 0.2) is 0 Å². The average molecular weight is 672 g/mol. The summed E-state index contributed by atoms with van der Waals surface area (Å²) in [6, 6.07) is 14.9. The highest BCUT2D eigenvalue weighted by Gasteiger charge is 2.45. The molecule has 4 aromatic carbocycles. The van der Waals surface area contributed by atoms with Crippen LogP contribution in [0.15, 0.2) is 84.9 Å². The summed E-state index contributed by atoms with van der Waals surface area (Å²) in [6.45, 7) is 3.58. The molecule has 4 rings (SSSR count). The van der Waals surface area contributed by atoms with Crippen LogP contribution in [0.2, 0.25) is 0 Å². The van der Waals surface area contributed by atoms with Crippen LogP contribution in [0.3, 0.4) is 0 Å². The molecule has 0 aromatic heterocycles. The minimum Gasteiger partial charge on any atom is -0.428 e. The number of hydrogen-bond acceptors (Lipinski definition) is 2. The molecule has 0 aliphatic heterocycles. The average Bonchev–Trinajstić information content (AvgIpc) is 2.97. The molecular weight excluding hydrogens is 644 g/mol. The molecule has 47 heavy (non-hydrogen) atoms. The highest BCUT2D eigenvalue weighted by Crippen LogP contribution is 2.39. The molecule has 0 saturated carbocycles. The highest BCUT2D eigenvalue weighted by molar-refractivity contribution is 5.95. The van der Waals surface area contributed by atoms with E-state index in [-0.39, 0.29) is 41.5 Å². The van der Waals surface area contributed by atoms with E-state index in [0.29, 0.717) is 17.7 Å². The summed E-state index contributed by atoms with van der Waals surface area (Å²) >= 11 is 0. The van der Waals surface area contributed by atoms with Crippen LogP contribution in [0.5, 0.6) is 5.75 Å². The molecule has 0 aliphatic carbocycles. The van der Waals surface area contributed by atoms with E-state index in [9.17, 15) is 44.3 Å². The molecule has 250 valence electrons. The Balaban J connectivity index is 2.02. The number of alkyl halides is 7. The fourth-order valence-electron chi connectivity index (χ4n) is 5.12. The second-order valence-electron chi connectivity index (χ2n) is 11.3. The fraction of sp³-hybridized carbons (Fsp3) is 0.265. The number of halogens is 10. The Morgan fingerprint density at radius 1 is 0.787 bits per heavy atom. The van der Waals surface area contributed by atoms with Gasteiger partial charge in [-0.25, -0.2) is 13.2 Å². The van der Waals surface area contributed by atoms with Crippen molar-refractivity contribution in [3.05, 3.63) is 136 Å². The molecule has 13 heteroatoms. The zero-order valence-corrected chi connectivity index (χ0v) is 24.7. The maximum absolute atomic E-state index is 15.1. The smallest absolute Gasteiger partial charge is 0.428 e. The van der Waals surface area contributed by atoms with E-state index in [1.165, 1.54) is 12.1 Å². The third-order valence-corrected chi connectivity index (χ3v) is 7.21. The van der Waals surface area contributed by atoms with E-state index < -0.39 is 64.5 Å². The van der Waals surface area contributed by atoms with Crippen LogP contribution in [0.1, 0.15) is 52.0 Å². The minimum absolute atomic E-state index is 0.0297. The lowest BCUT2D eigenvalue weighted by atomic mass is 9.76. The summed E-state index contributed by atoms with van der Waals surface area (Å²) in [5.41, 5.74) is -4.32. The molecule has 0 radical (unpaired) electrons. The van der Waals surface area contributed by atoms with E-state index in [0.717, 1.165) is 24.3 Å². The monoisotopic (exact) mass is 671 g/mol. The molecular formula is C34H27F10NO2. The first-order valence-corrected chi connectivity index (χ1v) is 14.1. The lowest BCUT2D eigenvalue weighted by Gasteiger charge is -2.37. The molecule has 1 unspecified atom stereocenters. The lowest BCUT2D eigenvalue weighted by molar-refractivity contribution is -0.253. The van der Waals surface area contributed by atoms with Crippen molar-refractivity contribution in [2.24, 2.45) is 5.92 Å². The molecule has 1 atom stereocenters. The molecule has 0 saturated heterocycles. The van der Waals surface area contributed by atoms with E-state index in [2.05, 4.69) is 10.1 Å². The van der Waals surface area contributed by atoms with Crippen LogP contribution in [0, 0.1) is 23.4 Å². The van der Waals surface area contributed by atoms with Crippen molar-refractivity contribution in [2.45, 2.75) is 50.9 Å². The lowest BCUT2D eigenvalue weighted by Crippen LogP contribution is -2.49. The molecule has 3 nitrogen and oxygen atoms in total. The van der Waals surface area contributed by atoms with Crippen LogP contribution in [0.4, 0.5) is 43.9 Å². The predicted molar refractivity (Wildman–Crippen MR) is 153 cm³/mol. The summed E-state index contributed by atoms with van der Waals surface area (Å²) in [5.74, 6) is -5.99. The summed E-state index contributed by atoms with van der Waals surface area (Å²) in [7, 11) is 0. The van der Waals surface area contributed by atoms with E-state index in [4.69, 9.17) is 0 Å². The first-order chi connectivity index (χ1) is 21.9. The van der Waals surface area contributed by atoms with E-state index in [1.54, 1.807) is 44.2 Å². The predicted octanol–water partition coefficient (Wildman–Crippen LogP) is 9.47. The van der Waals surface area contributed by atoms with Crippen molar-refractivity contribution in [3.8, 4) is 5.75 Å². The number of rotatable bonds is 11. The molecule has 0 heterocycles. The van der Waals surface area contributed by atoms with Gasteiger partial charge in [0.2, 0.25) is 0 Å². The number of carbonyl (C=O) groups excluding carboxylic acids is 1. The summed E-state index contributed by atoms with van der Waals surface area (Å²) in [4.78, 5) is 13.8. The quantitative estimate of drug-likeness (QED) is 0.161. The van der Waals surface area contributed by atoms with Gasteiger partial charge in [0.1, 0.15) is 23.2 Å². The molecule has 0 aliphatic rings. The molecule has 1 N–H and O–H groups in total. The van der Waals surface area contributed by atoms with Gasteiger partial charge in [-0.05, 0) is 71.0 Å². The Hall–Kier alpha value is -4.55. The van der Waals surface area contributed by atoms with Crippen LogP contribution in [0.25, 0.3) is 0 Å². The van der Waals surface area contributed by atoms with Gasteiger partial charge in [-0.3, -0.25) is 4.79 Å². The van der Waals surface area contributed by atoms with Crippen molar-refractivity contribution in [3.63, 3.8) is 0 Å². The second-order valence-corrected chi connectivity index (χ2v) is 11.3. The number of nitrogens with one attached hydrogen (secondary N) is 1. The summed E-state index contributed by atoms with van der Waals surface area (Å²) in [6.07, 6.45) is -14.7. The van der Waals surface area contributed by atoms with Gasteiger partial charge < -0.3 is 10.1 Å². The van der Waals surface area contributed by atoms with Gasteiger partial charge in [0, 0.05) is 18.1 Å². The second kappa shape index (κ2) is 13.7. The standard InChI is InChI=1S/C34H27F10NO2/c1-19(2)12-22-13-23(9-11-28(22)36)32(18-20-6-4-3-5-7-20,24-15-25(35)17-26(16-24)47-34(43,44)31(38)39)45-30(46)21-8-10-29(37)27(14-21)33(40,41)42/h3-11,13-17,19,31H,12,18H2,1-2H3,(H,45,46). The summed E-state index contributed by atoms with van der Waals surface area (Å²) < 4.78 is 143. The molecule has 4 aromatic rings. The number of carbonyl (C=O) groups is 1. The normalized spacial score (nSPS) is 13.5. The Bertz CT molecular complexity index is 1720. The molecule has 0 spiro atoms. The fourth-order valence-corrected chi connectivity index (χ4v) is 5.12. The van der Waals surface area contributed by atoms with E-state index in [1.807, 2.05) is 0 Å². The number of amides is 1. The zero-order valence-electron chi connectivity index (χ0n) is 24.7. The third kappa shape index (κ3) is 8.25. The Kier molecular flexibility index (Phi) is 10.3. The van der Waals surface area contributed by atoms with Crippen LogP contribution in [-0.2, 0) is 24.6 Å². The molecule has 0 bridgehead atoms. The highest BCUT2D eigenvalue weighted by atomic mass is 19.4.